The van der Waals surface area contributed by atoms with Gasteiger partial charge >= 0.3 is 5.97 Å². The third kappa shape index (κ3) is 7.13. The third-order valence-electron chi connectivity index (χ3n) is 10.8. The van der Waals surface area contributed by atoms with Crippen LogP contribution in [0.4, 0.5) is 0 Å². The Balaban J connectivity index is 1.70. The van der Waals surface area contributed by atoms with Gasteiger partial charge in [-0.2, -0.15) is 0 Å². The summed E-state index contributed by atoms with van der Waals surface area (Å²) in [5.41, 5.74) is 0.0687. The Labute approximate surface area is 258 Å². The zero-order valence-corrected chi connectivity index (χ0v) is 27.8. The minimum Gasteiger partial charge on any atom is -0.507 e. The number of rotatable bonds is 13. The Morgan fingerprint density at radius 3 is 2.37 bits per heavy atom. The number of phenolic OH excluding ortho intramolecular Hbond substituents is 1. The molecule has 0 aliphatic carbocycles. The summed E-state index contributed by atoms with van der Waals surface area (Å²) in [5, 5.41) is 32.7. The normalized spacial score (nSPS) is 32.2. The lowest BCUT2D eigenvalue weighted by molar-refractivity contribution is -0.229. The van der Waals surface area contributed by atoms with Crippen LogP contribution in [0.15, 0.2) is 12.1 Å². The van der Waals surface area contributed by atoms with Crippen molar-refractivity contribution in [3.63, 3.8) is 0 Å². The van der Waals surface area contributed by atoms with Crippen molar-refractivity contribution >= 4 is 11.8 Å². The van der Waals surface area contributed by atoms with E-state index < -0.39 is 29.2 Å². The molecule has 2 saturated heterocycles. The minimum atomic E-state index is -0.871. The van der Waals surface area contributed by atoms with Gasteiger partial charge < -0.3 is 29.5 Å². The molecule has 8 nitrogen and oxygen atoms in total. The number of Topliss-reactive ketones (excluding diaryl/α,β-unsaturated/α-hetero) is 1. The van der Waals surface area contributed by atoms with Gasteiger partial charge in [-0.25, -0.2) is 4.79 Å². The van der Waals surface area contributed by atoms with Gasteiger partial charge in [0.25, 0.3) is 0 Å². The van der Waals surface area contributed by atoms with Gasteiger partial charge in [-0.3, -0.25) is 4.79 Å². The molecule has 0 spiro atoms. The molecule has 0 aromatic heterocycles. The predicted octanol–water partition coefficient (Wildman–Crippen LogP) is 5.93. The first-order valence-electron chi connectivity index (χ1n) is 16.4. The molecular formula is C35H56O8. The number of aliphatic hydroxyl groups excluding tert-OH is 1. The average molecular weight is 605 g/mol. The van der Waals surface area contributed by atoms with Crippen molar-refractivity contribution in [3.8, 4) is 5.75 Å². The topological polar surface area (TPSA) is 123 Å². The van der Waals surface area contributed by atoms with Gasteiger partial charge in [-0.05, 0) is 88.2 Å². The van der Waals surface area contributed by atoms with Crippen LogP contribution < -0.4 is 0 Å². The molecule has 3 N–H and O–H groups in total. The first kappa shape index (κ1) is 35.5. The lowest BCUT2D eigenvalue weighted by atomic mass is 9.76. The molecule has 10 atom stereocenters. The van der Waals surface area contributed by atoms with Gasteiger partial charge in [0.2, 0.25) is 0 Å². The molecule has 0 unspecified atom stereocenters. The molecule has 0 amide bonds. The molecular weight excluding hydrogens is 548 g/mol. The number of benzene rings is 1. The molecule has 1 aromatic rings. The van der Waals surface area contributed by atoms with Crippen molar-refractivity contribution in [2.45, 2.75) is 142 Å². The molecule has 3 rings (SSSR count). The number of hydrogen-bond donors (Lipinski definition) is 3. The van der Waals surface area contributed by atoms with Crippen molar-refractivity contribution in [3.05, 3.63) is 28.8 Å². The number of carbonyl (C=O) groups is 2. The Morgan fingerprint density at radius 2 is 1.81 bits per heavy atom. The Hall–Kier alpha value is -2.00. The quantitative estimate of drug-likeness (QED) is 0.237. The molecule has 2 aliphatic rings. The summed E-state index contributed by atoms with van der Waals surface area (Å²) in [4.78, 5) is 26.3. The van der Waals surface area contributed by atoms with Crippen LogP contribution in [0.2, 0.25) is 0 Å². The predicted molar refractivity (Wildman–Crippen MR) is 166 cm³/mol. The second-order valence-corrected chi connectivity index (χ2v) is 13.4. The number of phenols is 1. The van der Waals surface area contributed by atoms with E-state index in [9.17, 15) is 24.9 Å². The average Bonchev–Trinajstić information content (AvgIpc) is 3.34. The fourth-order valence-electron chi connectivity index (χ4n) is 7.54. The second kappa shape index (κ2) is 14.4. The van der Waals surface area contributed by atoms with Crippen LogP contribution in [-0.4, -0.2) is 69.8 Å². The number of aliphatic hydroxyl groups is 2. The highest BCUT2D eigenvalue weighted by molar-refractivity contribution is 5.94. The molecule has 244 valence electrons. The van der Waals surface area contributed by atoms with Crippen molar-refractivity contribution in [1.82, 2.24) is 0 Å². The fourth-order valence-corrected chi connectivity index (χ4v) is 7.54. The van der Waals surface area contributed by atoms with Crippen LogP contribution in [0.1, 0.15) is 115 Å². The SMILES string of the molecule is CC[C@@H](C(=O)[C@@H](C)[C@@H](O)[C@H](C)CCc1ccc(C)c(O)c1C(=O)OC)[C@H]1O[C@](CC)([C@H]2CC[C@](O)(CC)[C@H](C)O2)C[C@@H]1C. The molecule has 8 heteroatoms. The first-order chi connectivity index (χ1) is 20.2. The summed E-state index contributed by atoms with van der Waals surface area (Å²) in [6.07, 6.45) is 3.60. The number of aromatic hydroxyl groups is 1. The van der Waals surface area contributed by atoms with E-state index in [1.54, 1.807) is 26.0 Å². The van der Waals surface area contributed by atoms with E-state index >= 15 is 0 Å². The summed E-state index contributed by atoms with van der Waals surface area (Å²) in [6, 6.07) is 3.57. The molecule has 2 heterocycles. The Bertz CT molecular complexity index is 1120. The number of esters is 1. The highest BCUT2D eigenvalue weighted by atomic mass is 16.6. The van der Waals surface area contributed by atoms with Gasteiger partial charge in [0.05, 0.1) is 42.7 Å². The number of ketones is 1. The molecule has 2 fully saturated rings. The zero-order chi connectivity index (χ0) is 32.3. The summed E-state index contributed by atoms with van der Waals surface area (Å²) >= 11 is 0. The van der Waals surface area contributed by atoms with E-state index in [1.165, 1.54) is 7.11 Å². The van der Waals surface area contributed by atoms with Crippen molar-refractivity contribution in [1.29, 1.82) is 0 Å². The van der Waals surface area contributed by atoms with Crippen molar-refractivity contribution in [2.24, 2.45) is 23.7 Å². The monoisotopic (exact) mass is 604 g/mol. The first-order valence-corrected chi connectivity index (χ1v) is 16.4. The third-order valence-corrected chi connectivity index (χ3v) is 10.8. The second-order valence-electron chi connectivity index (χ2n) is 13.4. The van der Waals surface area contributed by atoms with E-state index in [-0.39, 0.29) is 53.2 Å². The summed E-state index contributed by atoms with van der Waals surface area (Å²) < 4.78 is 18.2. The van der Waals surface area contributed by atoms with Crippen molar-refractivity contribution in [2.75, 3.05) is 7.11 Å². The maximum atomic E-state index is 13.9. The van der Waals surface area contributed by atoms with E-state index in [0.29, 0.717) is 43.2 Å². The van der Waals surface area contributed by atoms with Crippen LogP contribution in [0.3, 0.4) is 0 Å². The van der Waals surface area contributed by atoms with E-state index in [2.05, 4.69) is 13.8 Å². The molecule has 0 bridgehead atoms. The zero-order valence-electron chi connectivity index (χ0n) is 27.8. The van der Waals surface area contributed by atoms with Crippen LogP contribution in [-0.2, 0) is 25.4 Å². The number of aryl methyl sites for hydroxylation is 2. The summed E-state index contributed by atoms with van der Waals surface area (Å²) in [6.45, 7) is 15.6. The van der Waals surface area contributed by atoms with Gasteiger partial charge in [-0.1, -0.05) is 53.7 Å². The van der Waals surface area contributed by atoms with Gasteiger partial charge in [0.1, 0.15) is 17.1 Å². The molecule has 0 radical (unpaired) electrons. The summed E-state index contributed by atoms with van der Waals surface area (Å²) in [7, 11) is 1.28. The molecule has 1 aromatic carbocycles. The van der Waals surface area contributed by atoms with Gasteiger partial charge in [0, 0.05) is 11.8 Å². The van der Waals surface area contributed by atoms with Crippen molar-refractivity contribution < 1.29 is 39.1 Å². The van der Waals surface area contributed by atoms with Gasteiger partial charge in [0.15, 0.2) is 0 Å². The molecule has 0 saturated carbocycles. The number of methoxy groups -OCH3 is 1. The van der Waals surface area contributed by atoms with E-state index in [1.807, 2.05) is 27.7 Å². The van der Waals surface area contributed by atoms with Crippen LogP contribution in [0.5, 0.6) is 5.75 Å². The smallest absolute Gasteiger partial charge is 0.341 e. The molecule has 2 aliphatic heterocycles. The van der Waals surface area contributed by atoms with E-state index in [4.69, 9.17) is 14.2 Å². The van der Waals surface area contributed by atoms with Crippen LogP contribution in [0.25, 0.3) is 0 Å². The lowest BCUT2D eigenvalue weighted by Gasteiger charge is -2.47. The Kier molecular flexibility index (Phi) is 11.9. The van der Waals surface area contributed by atoms with Crippen LogP contribution in [0, 0.1) is 30.6 Å². The van der Waals surface area contributed by atoms with Gasteiger partial charge in [-0.15, -0.1) is 0 Å². The maximum absolute atomic E-state index is 13.9. The standard InChI is InChI=1S/C35H56O8/c1-10-26(32-22(6)19-35(12-3,43-32)27-17-18-34(40,11-2)24(8)42-27)31(38)23(7)29(36)20(4)13-15-25-16-14-21(5)30(37)28(25)33(39)41-9/h14,16,20,22-24,26-27,29,32,36-37,40H,10-13,15,17-19H2,1-9H3/t20-,22+,23+,24+,26+,27-,29+,32+,34-,35+/m1/s1. The highest BCUT2D eigenvalue weighted by Gasteiger charge is 2.55. The maximum Gasteiger partial charge on any atom is 0.341 e. The number of hydrogen-bond acceptors (Lipinski definition) is 8. The fraction of sp³-hybridized carbons (Fsp3) is 0.771. The largest absolute Gasteiger partial charge is 0.507 e. The van der Waals surface area contributed by atoms with Crippen LogP contribution >= 0.6 is 0 Å². The highest BCUT2D eigenvalue weighted by Crippen LogP contribution is 2.48. The lowest BCUT2D eigenvalue weighted by Crippen LogP contribution is -2.55. The number of ether oxygens (including phenoxy) is 3. The number of carbonyl (C=O) groups excluding carboxylic acids is 2. The minimum absolute atomic E-state index is 0.00659. The summed E-state index contributed by atoms with van der Waals surface area (Å²) in [5.74, 6) is -1.70. The van der Waals surface area contributed by atoms with E-state index in [0.717, 1.165) is 19.3 Å². The Morgan fingerprint density at radius 1 is 1.14 bits per heavy atom. The molecule has 43 heavy (non-hydrogen) atoms.